The van der Waals surface area contributed by atoms with Crippen molar-refractivity contribution in [1.29, 1.82) is 0 Å². The molecule has 2 heterocycles. The zero-order chi connectivity index (χ0) is 19.3. The van der Waals surface area contributed by atoms with Crippen LogP contribution >= 0.6 is 24.0 Å². The van der Waals surface area contributed by atoms with Crippen molar-refractivity contribution in [1.82, 2.24) is 10.2 Å². The summed E-state index contributed by atoms with van der Waals surface area (Å²) in [6.07, 6.45) is 1.01. The highest BCUT2D eigenvalue weighted by atomic mass is 127. The molecule has 2 aliphatic heterocycles. The first-order chi connectivity index (χ1) is 13.8. The lowest BCUT2D eigenvalue weighted by Crippen LogP contribution is -2.52. The zero-order valence-electron chi connectivity index (χ0n) is 16.8. The van der Waals surface area contributed by atoms with Gasteiger partial charge in [-0.2, -0.15) is 0 Å². The number of benzene rings is 2. The fraction of sp³-hybridized carbons (Fsp3) is 0.364. The van der Waals surface area contributed by atoms with Crippen molar-refractivity contribution < 1.29 is 4.79 Å². The van der Waals surface area contributed by atoms with Gasteiger partial charge in [0.15, 0.2) is 5.96 Å². The van der Waals surface area contributed by atoms with Crippen LogP contribution < -0.4 is 15.1 Å². The Kier molecular flexibility index (Phi) is 7.35. The Labute approximate surface area is 189 Å². The fourth-order valence-corrected chi connectivity index (χ4v) is 3.97. The van der Waals surface area contributed by atoms with Crippen molar-refractivity contribution in [2.45, 2.75) is 6.42 Å². The van der Waals surface area contributed by atoms with Gasteiger partial charge in [0.05, 0.1) is 6.54 Å². The Morgan fingerprint density at radius 1 is 0.966 bits per heavy atom. The number of nitrogens with one attached hydrogen (secondary N) is 1. The molecule has 1 N–H and O–H groups in total. The number of fused-ring (bicyclic) bond motifs is 1. The van der Waals surface area contributed by atoms with Crippen LogP contribution in [0, 0.1) is 0 Å². The van der Waals surface area contributed by atoms with E-state index in [1.54, 1.807) is 7.05 Å². The number of amides is 1. The number of para-hydroxylation sites is 2. The number of anilines is 2. The lowest BCUT2D eigenvalue weighted by molar-refractivity contribution is -0.130. The quantitative estimate of drug-likeness (QED) is 0.396. The van der Waals surface area contributed by atoms with Crippen molar-refractivity contribution in [2.75, 3.05) is 56.1 Å². The molecular formula is C22H28IN5O. The van der Waals surface area contributed by atoms with Gasteiger partial charge in [0, 0.05) is 51.1 Å². The number of rotatable bonds is 3. The van der Waals surface area contributed by atoms with E-state index in [9.17, 15) is 4.79 Å². The Morgan fingerprint density at radius 3 is 2.38 bits per heavy atom. The summed E-state index contributed by atoms with van der Waals surface area (Å²) in [6.45, 7) is 4.40. The van der Waals surface area contributed by atoms with E-state index in [1.165, 1.54) is 16.9 Å². The SMILES string of the molecule is CN=C(NCC(=O)N1CCN(c2ccccc2)CC1)N1CCc2ccccc21.I. The van der Waals surface area contributed by atoms with Gasteiger partial charge in [-0.3, -0.25) is 9.79 Å². The van der Waals surface area contributed by atoms with Crippen molar-refractivity contribution in [3.05, 3.63) is 60.2 Å². The summed E-state index contributed by atoms with van der Waals surface area (Å²) < 4.78 is 0. The van der Waals surface area contributed by atoms with Crippen molar-refractivity contribution in [3.8, 4) is 0 Å². The summed E-state index contributed by atoms with van der Waals surface area (Å²) in [5, 5.41) is 3.26. The summed E-state index contributed by atoms with van der Waals surface area (Å²) in [6, 6.07) is 18.8. The number of aliphatic imine (C=N–C) groups is 1. The highest BCUT2D eigenvalue weighted by Gasteiger charge is 2.25. The molecule has 6 nitrogen and oxygen atoms in total. The summed E-state index contributed by atoms with van der Waals surface area (Å²) in [4.78, 5) is 23.5. The molecule has 0 atom stereocenters. The van der Waals surface area contributed by atoms with Crippen LogP contribution in [0.15, 0.2) is 59.6 Å². The first-order valence-electron chi connectivity index (χ1n) is 9.90. The van der Waals surface area contributed by atoms with Crippen molar-refractivity contribution >= 4 is 47.2 Å². The standard InChI is InChI=1S/C22H27N5O.HI/c1-23-22(27-12-11-18-7-5-6-10-20(18)27)24-17-21(28)26-15-13-25(14-16-26)19-8-3-2-4-9-19;/h2-10H,11-17H2,1H3,(H,23,24);1H. The van der Waals surface area contributed by atoms with Gasteiger partial charge in [-0.05, 0) is 30.2 Å². The van der Waals surface area contributed by atoms with E-state index in [0.717, 1.165) is 45.1 Å². The lowest BCUT2D eigenvalue weighted by atomic mass is 10.2. The molecule has 2 aliphatic rings. The maximum Gasteiger partial charge on any atom is 0.242 e. The van der Waals surface area contributed by atoms with Crippen LogP contribution in [0.1, 0.15) is 5.56 Å². The molecule has 1 saturated heterocycles. The van der Waals surface area contributed by atoms with E-state index in [2.05, 4.69) is 62.6 Å². The highest BCUT2D eigenvalue weighted by molar-refractivity contribution is 14.0. The Bertz CT molecular complexity index is 849. The molecule has 0 saturated carbocycles. The van der Waals surface area contributed by atoms with E-state index in [-0.39, 0.29) is 36.4 Å². The molecule has 0 bridgehead atoms. The second kappa shape index (κ2) is 9.96. The molecule has 0 unspecified atom stereocenters. The van der Waals surface area contributed by atoms with Gasteiger partial charge in [-0.25, -0.2) is 0 Å². The summed E-state index contributed by atoms with van der Waals surface area (Å²) in [5.74, 6) is 0.891. The van der Waals surface area contributed by atoms with E-state index >= 15 is 0 Å². The first-order valence-corrected chi connectivity index (χ1v) is 9.90. The minimum Gasteiger partial charge on any atom is -0.368 e. The van der Waals surface area contributed by atoms with Gasteiger partial charge in [0.25, 0.3) is 0 Å². The third-order valence-electron chi connectivity index (χ3n) is 5.51. The molecule has 0 aromatic heterocycles. The van der Waals surface area contributed by atoms with E-state index in [4.69, 9.17) is 0 Å². The van der Waals surface area contributed by atoms with E-state index < -0.39 is 0 Å². The molecular weight excluding hydrogens is 477 g/mol. The summed E-state index contributed by atoms with van der Waals surface area (Å²) in [5.41, 5.74) is 3.73. The maximum atomic E-state index is 12.7. The molecule has 2 aromatic rings. The predicted octanol–water partition coefficient (Wildman–Crippen LogP) is 2.59. The fourth-order valence-electron chi connectivity index (χ4n) is 3.97. The Hall–Kier alpha value is -2.29. The normalized spacial score (nSPS) is 16.3. The van der Waals surface area contributed by atoms with Gasteiger partial charge in [-0.1, -0.05) is 36.4 Å². The number of carbonyl (C=O) groups excluding carboxylic acids is 1. The molecule has 154 valence electrons. The van der Waals surface area contributed by atoms with Crippen LogP contribution in [0.3, 0.4) is 0 Å². The third-order valence-corrected chi connectivity index (χ3v) is 5.51. The monoisotopic (exact) mass is 505 g/mol. The number of nitrogens with zero attached hydrogens (tertiary/aromatic N) is 4. The second-order valence-corrected chi connectivity index (χ2v) is 7.13. The smallest absolute Gasteiger partial charge is 0.242 e. The molecule has 2 aromatic carbocycles. The van der Waals surface area contributed by atoms with Gasteiger partial charge in [0.1, 0.15) is 0 Å². The minimum atomic E-state index is 0. The van der Waals surface area contributed by atoms with Crippen LogP contribution in [0.4, 0.5) is 11.4 Å². The third kappa shape index (κ3) is 4.83. The minimum absolute atomic E-state index is 0. The average molecular weight is 505 g/mol. The molecule has 7 heteroatoms. The Morgan fingerprint density at radius 2 is 1.66 bits per heavy atom. The number of hydrogen-bond donors (Lipinski definition) is 1. The van der Waals surface area contributed by atoms with Crippen LogP contribution in [-0.2, 0) is 11.2 Å². The van der Waals surface area contributed by atoms with Crippen LogP contribution in [-0.4, -0.2) is 63.1 Å². The molecule has 0 spiro atoms. The lowest BCUT2D eigenvalue weighted by Gasteiger charge is -2.36. The first kappa shape index (κ1) is 21.4. The number of carbonyl (C=O) groups is 1. The summed E-state index contributed by atoms with van der Waals surface area (Å²) in [7, 11) is 1.77. The average Bonchev–Trinajstić information content (AvgIpc) is 3.19. The Balaban J connectivity index is 0.00000240. The van der Waals surface area contributed by atoms with Crippen LogP contribution in [0.2, 0.25) is 0 Å². The zero-order valence-corrected chi connectivity index (χ0v) is 19.1. The van der Waals surface area contributed by atoms with E-state index in [0.29, 0.717) is 0 Å². The number of guanidine groups is 1. The van der Waals surface area contributed by atoms with Crippen molar-refractivity contribution in [3.63, 3.8) is 0 Å². The van der Waals surface area contributed by atoms with Gasteiger partial charge in [-0.15, -0.1) is 24.0 Å². The second-order valence-electron chi connectivity index (χ2n) is 7.13. The molecule has 0 radical (unpaired) electrons. The van der Waals surface area contributed by atoms with Crippen molar-refractivity contribution in [2.24, 2.45) is 4.99 Å². The predicted molar refractivity (Wildman–Crippen MR) is 130 cm³/mol. The number of piperazine rings is 1. The van der Waals surface area contributed by atoms with Gasteiger partial charge in [0.2, 0.25) is 5.91 Å². The highest BCUT2D eigenvalue weighted by Crippen LogP contribution is 2.27. The number of hydrogen-bond acceptors (Lipinski definition) is 3. The van der Waals surface area contributed by atoms with Crippen LogP contribution in [0.25, 0.3) is 0 Å². The van der Waals surface area contributed by atoms with E-state index in [1.807, 2.05) is 17.0 Å². The summed E-state index contributed by atoms with van der Waals surface area (Å²) >= 11 is 0. The topological polar surface area (TPSA) is 51.2 Å². The molecule has 29 heavy (non-hydrogen) atoms. The molecule has 4 rings (SSSR count). The molecule has 1 fully saturated rings. The maximum absolute atomic E-state index is 12.7. The molecule has 1 amide bonds. The van der Waals surface area contributed by atoms with Gasteiger partial charge < -0.3 is 20.0 Å². The largest absolute Gasteiger partial charge is 0.368 e. The van der Waals surface area contributed by atoms with Gasteiger partial charge >= 0.3 is 0 Å². The van der Waals surface area contributed by atoms with Crippen LogP contribution in [0.5, 0.6) is 0 Å². The number of halogens is 1. The molecule has 0 aliphatic carbocycles.